The molecule has 0 aromatic carbocycles. The van der Waals surface area contributed by atoms with Crippen molar-refractivity contribution in [3.8, 4) is 0 Å². The highest BCUT2D eigenvalue weighted by Gasteiger charge is 2.48. The summed E-state index contributed by atoms with van der Waals surface area (Å²) in [7, 11) is 0. The minimum absolute atomic E-state index is 0.0213. The Balaban J connectivity index is 1.71. The number of carbonyl (C=O) groups is 1. The molecule has 2 saturated carbocycles. The van der Waals surface area contributed by atoms with Gasteiger partial charge in [0.15, 0.2) is 5.84 Å². The van der Waals surface area contributed by atoms with Gasteiger partial charge < -0.3 is 21.0 Å². The Hall–Kier alpha value is -1.30. The zero-order chi connectivity index (χ0) is 13.7. The molecule has 0 atom stereocenters. The van der Waals surface area contributed by atoms with E-state index >= 15 is 0 Å². The van der Waals surface area contributed by atoms with Crippen LogP contribution in [-0.2, 0) is 9.53 Å². The number of amidine groups is 1. The Labute approximate surface area is 113 Å². The lowest BCUT2D eigenvalue weighted by Gasteiger charge is -2.38. The average molecular weight is 269 g/mol. The van der Waals surface area contributed by atoms with E-state index in [1.165, 1.54) is 12.8 Å². The van der Waals surface area contributed by atoms with Crippen molar-refractivity contribution < 1.29 is 14.7 Å². The molecule has 0 aromatic rings. The summed E-state index contributed by atoms with van der Waals surface area (Å²) in [6.45, 7) is 1.01. The second-order valence-corrected chi connectivity index (χ2v) is 5.45. The number of nitrogens with one attached hydrogen (secondary N) is 1. The first kappa shape index (κ1) is 14.1. The molecular weight excluding hydrogens is 246 g/mol. The van der Waals surface area contributed by atoms with Gasteiger partial charge in [0, 0.05) is 6.54 Å². The minimum Gasteiger partial charge on any atom is -0.409 e. The summed E-state index contributed by atoms with van der Waals surface area (Å²) in [5, 5.41) is 14.6. The lowest BCUT2D eigenvalue weighted by molar-refractivity contribution is -0.131. The standard InChI is InChI=1S/C13H23N3O3/c14-11(16-18)13(6-3-7-13)12(17)15-8-9-19-10-4-1-2-5-10/h10,18H,1-9H2,(H2,14,16)(H,15,17). The number of ether oxygens (including phenoxy) is 1. The van der Waals surface area contributed by atoms with Crippen molar-refractivity contribution in [3.05, 3.63) is 0 Å². The van der Waals surface area contributed by atoms with E-state index in [1.54, 1.807) is 0 Å². The van der Waals surface area contributed by atoms with E-state index in [0.717, 1.165) is 19.3 Å². The molecule has 0 radical (unpaired) electrons. The van der Waals surface area contributed by atoms with E-state index in [-0.39, 0.29) is 11.7 Å². The number of nitrogens with zero attached hydrogens (tertiary/aromatic N) is 1. The highest BCUT2D eigenvalue weighted by atomic mass is 16.5. The summed E-state index contributed by atoms with van der Waals surface area (Å²) < 4.78 is 5.68. The van der Waals surface area contributed by atoms with Gasteiger partial charge in [0.25, 0.3) is 0 Å². The molecule has 0 spiro atoms. The molecule has 0 saturated heterocycles. The smallest absolute Gasteiger partial charge is 0.234 e. The molecule has 0 aromatic heterocycles. The van der Waals surface area contributed by atoms with Crippen LogP contribution in [0.15, 0.2) is 5.16 Å². The van der Waals surface area contributed by atoms with E-state index in [0.29, 0.717) is 32.1 Å². The normalized spacial score (nSPS) is 23.1. The summed E-state index contributed by atoms with van der Waals surface area (Å²) in [6.07, 6.45) is 7.33. The maximum absolute atomic E-state index is 12.1. The van der Waals surface area contributed by atoms with E-state index in [2.05, 4.69) is 10.5 Å². The Bertz CT molecular complexity index is 347. The minimum atomic E-state index is -0.790. The van der Waals surface area contributed by atoms with Crippen LogP contribution in [0.25, 0.3) is 0 Å². The van der Waals surface area contributed by atoms with Crippen LogP contribution in [0, 0.1) is 5.41 Å². The summed E-state index contributed by atoms with van der Waals surface area (Å²) in [4.78, 5) is 12.1. The highest BCUT2D eigenvalue weighted by Crippen LogP contribution is 2.41. The van der Waals surface area contributed by atoms with Crippen molar-refractivity contribution in [1.82, 2.24) is 5.32 Å². The molecule has 2 rings (SSSR count). The summed E-state index contributed by atoms with van der Waals surface area (Å²) in [5.41, 5.74) is 4.84. The molecule has 0 heterocycles. The second kappa shape index (κ2) is 6.23. The Morgan fingerprint density at radius 2 is 2.05 bits per heavy atom. The number of carbonyl (C=O) groups excluding carboxylic acids is 1. The molecule has 2 aliphatic carbocycles. The van der Waals surface area contributed by atoms with Gasteiger partial charge in [0.1, 0.15) is 5.41 Å². The quantitative estimate of drug-likeness (QED) is 0.220. The van der Waals surface area contributed by atoms with Crippen LogP contribution >= 0.6 is 0 Å². The van der Waals surface area contributed by atoms with E-state index in [1.807, 2.05) is 0 Å². The zero-order valence-corrected chi connectivity index (χ0v) is 11.2. The first-order chi connectivity index (χ1) is 9.19. The van der Waals surface area contributed by atoms with Crippen LogP contribution in [0.5, 0.6) is 0 Å². The van der Waals surface area contributed by atoms with Crippen LogP contribution in [0.3, 0.4) is 0 Å². The van der Waals surface area contributed by atoms with Crippen molar-refractivity contribution in [3.63, 3.8) is 0 Å². The van der Waals surface area contributed by atoms with Crippen molar-refractivity contribution >= 4 is 11.7 Å². The highest BCUT2D eigenvalue weighted by molar-refractivity contribution is 6.07. The molecule has 4 N–H and O–H groups in total. The number of amides is 1. The Morgan fingerprint density at radius 1 is 1.37 bits per heavy atom. The molecule has 0 aliphatic heterocycles. The Morgan fingerprint density at radius 3 is 2.58 bits per heavy atom. The number of hydrogen-bond donors (Lipinski definition) is 3. The summed E-state index contributed by atoms with van der Waals surface area (Å²) in [6, 6.07) is 0. The third kappa shape index (κ3) is 3.00. The molecule has 6 nitrogen and oxygen atoms in total. The van der Waals surface area contributed by atoms with Gasteiger partial charge in [-0.15, -0.1) is 0 Å². The van der Waals surface area contributed by atoms with Gasteiger partial charge in [0.05, 0.1) is 12.7 Å². The van der Waals surface area contributed by atoms with Crippen molar-refractivity contribution in [2.75, 3.05) is 13.2 Å². The van der Waals surface area contributed by atoms with Crippen LogP contribution in [0.2, 0.25) is 0 Å². The van der Waals surface area contributed by atoms with Gasteiger partial charge in [-0.25, -0.2) is 0 Å². The average Bonchev–Trinajstić information content (AvgIpc) is 2.86. The molecule has 2 fully saturated rings. The first-order valence-electron chi connectivity index (χ1n) is 7.07. The largest absolute Gasteiger partial charge is 0.409 e. The lowest BCUT2D eigenvalue weighted by atomic mass is 9.67. The molecule has 1 amide bonds. The summed E-state index contributed by atoms with van der Waals surface area (Å²) in [5.74, 6) is -0.128. The van der Waals surface area contributed by atoms with Crippen LogP contribution in [-0.4, -0.2) is 36.2 Å². The SMILES string of the molecule is NC(=NO)C1(C(=O)NCCOC2CCCC2)CCC1. The second-order valence-electron chi connectivity index (χ2n) is 5.45. The topological polar surface area (TPSA) is 96.9 Å². The van der Waals surface area contributed by atoms with Gasteiger partial charge in [-0.05, 0) is 25.7 Å². The van der Waals surface area contributed by atoms with Gasteiger partial charge in [0.2, 0.25) is 5.91 Å². The number of rotatable bonds is 6. The van der Waals surface area contributed by atoms with E-state index in [9.17, 15) is 4.79 Å². The third-order valence-corrected chi connectivity index (χ3v) is 4.28. The third-order valence-electron chi connectivity index (χ3n) is 4.28. The fourth-order valence-electron chi connectivity index (χ4n) is 2.84. The van der Waals surface area contributed by atoms with Crippen LogP contribution in [0.4, 0.5) is 0 Å². The first-order valence-corrected chi connectivity index (χ1v) is 7.07. The van der Waals surface area contributed by atoms with Gasteiger partial charge in [-0.2, -0.15) is 0 Å². The fourth-order valence-corrected chi connectivity index (χ4v) is 2.84. The van der Waals surface area contributed by atoms with Crippen LogP contribution in [0.1, 0.15) is 44.9 Å². The predicted molar refractivity (Wildman–Crippen MR) is 70.9 cm³/mol. The fraction of sp³-hybridized carbons (Fsp3) is 0.846. The van der Waals surface area contributed by atoms with Gasteiger partial charge in [-0.3, -0.25) is 4.79 Å². The summed E-state index contributed by atoms with van der Waals surface area (Å²) >= 11 is 0. The van der Waals surface area contributed by atoms with Crippen molar-refractivity contribution in [2.24, 2.45) is 16.3 Å². The zero-order valence-electron chi connectivity index (χ0n) is 11.2. The predicted octanol–water partition coefficient (Wildman–Crippen LogP) is 0.978. The molecule has 108 valence electrons. The van der Waals surface area contributed by atoms with Gasteiger partial charge in [-0.1, -0.05) is 24.4 Å². The number of nitrogens with two attached hydrogens (primary N) is 1. The molecule has 2 aliphatic rings. The van der Waals surface area contributed by atoms with E-state index in [4.69, 9.17) is 15.7 Å². The van der Waals surface area contributed by atoms with Crippen molar-refractivity contribution in [2.45, 2.75) is 51.0 Å². The lowest BCUT2D eigenvalue weighted by Crippen LogP contribution is -2.54. The number of oxime groups is 1. The molecule has 0 bridgehead atoms. The van der Waals surface area contributed by atoms with Gasteiger partial charge >= 0.3 is 0 Å². The van der Waals surface area contributed by atoms with Crippen LogP contribution < -0.4 is 11.1 Å². The Kier molecular flexibility index (Phi) is 4.63. The van der Waals surface area contributed by atoms with E-state index < -0.39 is 5.41 Å². The number of hydrogen-bond acceptors (Lipinski definition) is 4. The molecule has 0 unspecified atom stereocenters. The molecular formula is C13H23N3O3. The molecule has 6 heteroatoms. The maximum atomic E-state index is 12.1. The van der Waals surface area contributed by atoms with Crippen molar-refractivity contribution in [1.29, 1.82) is 0 Å². The maximum Gasteiger partial charge on any atom is 0.234 e. The molecule has 19 heavy (non-hydrogen) atoms. The monoisotopic (exact) mass is 269 g/mol.